The molecule has 2 N–H and O–H groups in total. The average molecular weight is 359 g/mol. The zero-order valence-corrected chi connectivity index (χ0v) is 13.4. The Kier molecular flexibility index (Phi) is 6.60. The SMILES string of the molecule is O=C(NCCCOC1CCNCC1)c1cc(F)cc(Br)c1. The number of ether oxygens (including phenoxy) is 1. The van der Waals surface area contributed by atoms with Crippen LogP contribution in [0.25, 0.3) is 0 Å². The molecule has 21 heavy (non-hydrogen) atoms. The maximum Gasteiger partial charge on any atom is 0.251 e. The Hall–Kier alpha value is -0.980. The number of halogens is 2. The highest BCUT2D eigenvalue weighted by Gasteiger charge is 2.13. The van der Waals surface area contributed by atoms with Gasteiger partial charge >= 0.3 is 0 Å². The summed E-state index contributed by atoms with van der Waals surface area (Å²) in [4.78, 5) is 11.9. The van der Waals surface area contributed by atoms with Crippen molar-refractivity contribution in [2.45, 2.75) is 25.4 Å². The summed E-state index contributed by atoms with van der Waals surface area (Å²) < 4.78 is 19.5. The zero-order valence-electron chi connectivity index (χ0n) is 11.8. The molecule has 1 heterocycles. The number of hydrogen-bond acceptors (Lipinski definition) is 3. The van der Waals surface area contributed by atoms with Crippen LogP contribution in [-0.2, 0) is 4.74 Å². The summed E-state index contributed by atoms with van der Waals surface area (Å²) in [5, 5.41) is 6.06. The van der Waals surface area contributed by atoms with Crippen LogP contribution in [0.15, 0.2) is 22.7 Å². The highest BCUT2D eigenvalue weighted by molar-refractivity contribution is 9.10. The normalized spacial score (nSPS) is 15.9. The molecule has 1 aromatic rings. The highest BCUT2D eigenvalue weighted by atomic mass is 79.9. The van der Waals surface area contributed by atoms with E-state index in [0.717, 1.165) is 32.4 Å². The summed E-state index contributed by atoms with van der Waals surface area (Å²) in [7, 11) is 0. The quantitative estimate of drug-likeness (QED) is 0.768. The maximum atomic E-state index is 13.2. The topological polar surface area (TPSA) is 50.4 Å². The summed E-state index contributed by atoms with van der Waals surface area (Å²) in [6.07, 6.45) is 3.18. The molecule has 0 aliphatic carbocycles. The van der Waals surface area contributed by atoms with Gasteiger partial charge in [0.1, 0.15) is 5.82 Å². The van der Waals surface area contributed by atoms with Crippen LogP contribution in [0.3, 0.4) is 0 Å². The van der Waals surface area contributed by atoms with Crippen molar-refractivity contribution in [2.24, 2.45) is 0 Å². The maximum absolute atomic E-state index is 13.2. The van der Waals surface area contributed by atoms with Gasteiger partial charge in [0, 0.05) is 23.2 Å². The molecule has 0 saturated carbocycles. The Morgan fingerprint density at radius 1 is 1.38 bits per heavy atom. The first kappa shape index (κ1) is 16.4. The minimum absolute atomic E-state index is 0.267. The molecule has 2 rings (SSSR count). The Bertz CT molecular complexity index is 458. The summed E-state index contributed by atoms with van der Waals surface area (Å²) in [6, 6.07) is 4.15. The van der Waals surface area contributed by atoms with Gasteiger partial charge in [-0.25, -0.2) is 4.39 Å². The molecule has 0 radical (unpaired) electrons. The van der Waals surface area contributed by atoms with Crippen LogP contribution in [0.4, 0.5) is 4.39 Å². The van der Waals surface area contributed by atoms with Gasteiger partial charge in [-0.1, -0.05) is 15.9 Å². The van der Waals surface area contributed by atoms with Crippen molar-refractivity contribution in [2.75, 3.05) is 26.2 Å². The lowest BCUT2D eigenvalue weighted by molar-refractivity contribution is 0.0318. The fourth-order valence-electron chi connectivity index (χ4n) is 2.27. The van der Waals surface area contributed by atoms with E-state index in [1.807, 2.05) is 0 Å². The minimum Gasteiger partial charge on any atom is -0.378 e. The van der Waals surface area contributed by atoms with Gasteiger partial charge in [0.2, 0.25) is 0 Å². The van der Waals surface area contributed by atoms with E-state index in [0.29, 0.717) is 29.3 Å². The second-order valence-corrected chi connectivity index (χ2v) is 6.00. The van der Waals surface area contributed by atoms with Crippen molar-refractivity contribution in [3.63, 3.8) is 0 Å². The molecule has 0 atom stereocenters. The second kappa shape index (κ2) is 8.46. The third kappa shape index (κ3) is 5.73. The van der Waals surface area contributed by atoms with Crippen LogP contribution in [-0.4, -0.2) is 38.3 Å². The lowest BCUT2D eigenvalue weighted by Crippen LogP contribution is -2.33. The van der Waals surface area contributed by atoms with E-state index >= 15 is 0 Å². The number of carbonyl (C=O) groups is 1. The molecule has 1 fully saturated rings. The van der Waals surface area contributed by atoms with Gasteiger partial charge in [0.15, 0.2) is 0 Å². The van der Waals surface area contributed by atoms with Crippen molar-refractivity contribution in [1.29, 1.82) is 0 Å². The average Bonchev–Trinajstić information content (AvgIpc) is 2.47. The Labute approximate surface area is 132 Å². The van der Waals surface area contributed by atoms with E-state index in [2.05, 4.69) is 26.6 Å². The Morgan fingerprint density at radius 2 is 2.14 bits per heavy atom. The number of hydrogen-bond donors (Lipinski definition) is 2. The van der Waals surface area contributed by atoms with Crippen LogP contribution in [0.5, 0.6) is 0 Å². The predicted octanol–water partition coefficient (Wildman–Crippen LogP) is 2.48. The third-order valence-electron chi connectivity index (χ3n) is 3.37. The first-order chi connectivity index (χ1) is 10.1. The molecule has 0 unspecified atom stereocenters. The summed E-state index contributed by atoms with van der Waals surface area (Å²) in [5.41, 5.74) is 0.321. The van der Waals surface area contributed by atoms with Gasteiger partial charge in [-0.3, -0.25) is 4.79 Å². The number of nitrogens with one attached hydrogen (secondary N) is 2. The lowest BCUT2D eigenvalue weighted by Gasteiger charge is -2.22. The fourth-order valence-corrected chi connectivity index (χ4v) is 2.74. The van der Waals surface area contributed by atoms with E-state index in [9.17, 15) is 9.18 Å². The van der Waals surface area contributed by atoms with Crippen molar-refractivity contribution >= 4 is 21.8 Å². The van der Waals surface area contributed by atoms with Gasteiger partial charge in [-0.15, -0.1) is 0 Å². The molecule has 1 amide bonds. The van der Waals surface area contributed by atoms with E-state index in [1.54, 1.807) is 6.07 Å². The molecular weight excluding hydrogens is 339 g/mol. The van der Waals surface area contributed by atoms with E-state index in [-0.39, 0.29) is 5.91 Å². The first-order valence-electron chi connectivity index (χ1n) is 7.22. The molecule has 4 nitrogen and oxygen atoms in total. The zero-order chi connectivity index (χ0) is 15.1. The van der Waals surface area contributed by atoms with Crippen LogP contribution < -0.4 is 10.6 Å². The van der Waals surface area contributed by atoms with Gasteiger partial charge in [0.25, 0.3) is 5.91 Å². The standard InChI is InChI=1S/C15H20BrFN2O2/c16-12-8-11(9-13(17)10-12)15(20)19-4-1-7-21-14-2-5-18-6-3-14/h8-10,14,18H,1-7H2,(H,19,20). The smallest absolute Gasteiger partial charge is 0.251 e. The number of benzene rings is 1. The predicted molar refractivity (Wildman–Crippen MR) is 82.9 cm³/mol. The largest absolute Gasteiger partial charge is 0.378 e. The molecule has 6 heteroatoms. The number of rotatable bonds is 6. The summed E-state index contributed by atoms with van der Waals surface area (Å²) in [6.45, 7) is 3.18. The molecule has 1 aliphatic rings. The molecular formula is C15H20BrFN2O2. The minimum atomic E-state index is -0.427. The first-order valence-corrected chi connectivity index (χ1v) is 8.01. The molecule has 0 aromatic heterocycles. The van der Waals surface area contributed by atoms with E-state index in [4.69, 9.17) is 4.74 Å². The third-order valence-corrected chi connectivity index (χ3v) is 3.83. The van der Waals surface area contributed by atoms with Crippen molar-refractivity contribution < 1.29 is 13.9 Å². The molecule has 1 aromatic carbocycles. The Balaban J connectivity index is 1.64. The van der Waals surface area contributed by atoms with Gasteiger partial charge in [-0.2, -0.15) is 0 Å². The van der Waals surface area contributed by atoms with Crippen LogP contribution >= 0.6 is 15.9 Å². The number of amides is 1. The number of carbonyl (C=O) groups excluding carboxylic acids is 1. The van der Waals surface area contributed by atoms with E-state index < -0.39 is 5.82 Å². The van der Waals surface area contributed by atoms with Gasteiger partial charge in [-0.05, 0) is 50.6 Å². The monoisotopic (exact) mass is 358 g/mol. The van der Waals surface area contributed by atoms with E-state index in [1.165, 1.54) is 12.1 Å². The summed E-state index contributed by atoms with van der Waals surface area (Å²) in [5.74, 6) is -0.694. The van der Waals surface area contributed by atoms with Crippen LogP contribution in [0.1, 0.15) is 29.6 Å². The summed E-state index contributed by atoms with van der Waals surface area (Å²) >= 11 is 3.17. The van der Waals surface area contributed by atoms with Gasteiger partial charge < -0.3 is 15.4 Å². The molecule has 1 saturated heterocycles. The highest BCUT2D eigenvalue weighted by Crippen LogP contribution is 2.14. The molecule has 0 bridgehead atoms. The Morgan fingerprint density at radius 3 is 2.86 bits per heavy atom. The lowest BCUT2D eigenvalue weighted by atomic mass is 10.1. The van der Waals surface area contributed by atoms with Crippen molar-refractivity contribution in [3.8, 4) is 0 Å². The van der Waals surface area contributed by atoms with Crippen LogP contribution in [0.2, 0.25) is 0 Å². The van der Waals surface area contributed by atoms with Gasteiger partial charge in [0.05, 0.1) is 6.10 Å². The second-order valence-electron chi connectivity index (χ2n) is 5.09. The van der Waals surface area contributed by atoms with Crippen molar-refractivity contribution in [1.82, 2.24) is 10.6 Å². The fraction of sp³-hybridized carbons (Fsp3) is 0.533. The molecule has 1 aliphatic heterocycles. The molecule has 116 valence electrons. The number of piperidine rings is 1. The molecule has 0 spiro atoms. The van der Waals surface area contributed by atoms with Crippen LogP contribution in [0, 0.1) is 5.82 Å². The van der Waals surface area contributed by atoms with Crippen molar-refractivity contribution in [3.05, 3.63) is 34.1 Å².